The Balaban J connectivity index is 2.09. The molecule has 0 saturated heterocycles. The van der Waals surface area contributed by atoms with Gasteiger partial charge in [-0.2, -0.15) is 36.0 Å². The van der Waals surface area contributed by atoms with Gasteiger partial charge >= 0.3 is 24.3 Å². The smallest absolute Gasteiger partial charge is 0.382 e. The van der Waals surface area contributed by atoms with Gasteiger partial charge in [-0.25, -0.2) is 9.59 Å². The van der Waals surface area contributed by atoms with Crippen LogP contribution in [0.25, 0.3) is 11.1 Å². The number of rotatable bonds is 3. The Bertz CT molecular complexity index is 818. The minimum atomic E-state index is -5.30. The van der Waals surface area contributed by atoms with Crippen molar-refractivity contribution in [2.24, 2.45) is 0 Å². The monoisotopic (exact) mass is 380 g/mol. The number of ether oxygens (including phenoxy) is 1. The summed E-state index contributed by atoms with van der Waals surface area (Å²) in [4.78, 5) is 21.8. The van der Waals surface area contributed by atoms with Crippen molar-refractivity contribution in [1.29, 1.82) is 0 Å². The third kappa shape index (κ3) is 4.97. The number of carbonyl (C=O) groups excluding carboxylic acids is 2. The van der Waals surface area contributed by atoms with E-state index >= 15 is 0 Å². The first-order valence-electron chi connectivity index (χ1n) is 6.68. The van der Waals surface area contributed by atoms with Crippen LogP contribution in [-0.4, -0.2) is 28.3 Å². The molecule has 2 rings (SSSR count). The quantitative estimate of drug-likeness (QED) is 0.353. The normalized spacial score (nSPS) is 11.9. The number of halogens is 6. The molecule has 0 aliphatic heterocycles. The van der Waals surface area contributed by atoms with E-state index in [0.717, 1.165) is 16.8 Å². The Labute approximate surface area is 141 Å². The molecule has 2 aromatic heterocycles. The van der Waals surface area contributed by atoms with Crippen molar-refractivity contribution in [3.05, 3.63) is 42.5 Å². The molecule has 0 spiro atoms. The second kappa shape index (κ2) is 7.06. The first-order valence-corrected chi connectivity index (χ1v) is 6.68. The Hall–Kier alpha value is -3.05. The van der Waals surface area contributed by atoms with Crippen molar-refractivity contribution >= 4 is 11.9 Å². The lowest BCUT2D eigenvalue weighted by molar-refractivity contribution is -0.685. The molecular formula is C14H8F6N3O3+. The van der Waals surface area contributed by atoms with Crippen LogP contribution in [0.2, 0.25) is 0 Å². The van der Waals surface area contributed by atoms with E-state index < -0.39 is 36.5 Å². The lowest BCUT2D eigenvalue weighted by Gasteiger charge is -2.06. The van der Waals surface area contributed by atoms with Crippen molar-refractivity contribution in [1.82, 2.24) is 10.2 Å². The lowest BCUT2D eigenvalue weighted by Crippen LogP contribution is -2.40. The molecule has 0 saturated carbocycles. The van der Waals surface area contributed by atoms with Gasteiger partial charge < -0.3 is 4.74 Å². The number of aromatic nitrogens is 3. The standard InChI is InChI=1S/C14H8F6N3O3/c15-13(16,17)10-5-9(6-21-22-10)8-1-3-23(4-2-8)7-11(24)26-12(25)14(18,19)20/h1-6H,7H2/q+1. The van der Waals surface area contributed by atoms with Crippen LogP contribution >= 0.6 is 0 Å². The molecule has 2 aromatic rings. The van der Waals surface area contributed by atoms with Gasteiger partial charge in [0.15, 0.2) is 18.1 Å². The van der Waals surface area contributed by atoms with Gasteiger partial charge in [0.1, 0.15) is 0 Å². The summed E-state index contributed by atoms with van der Waals surface area (Å²) in [6, 6.07) is 3.37. The Morgan fingerprint density at radius 2 is 1.65 bits per heavy atom. The predicted molar refractivity (Wildman–Crippen MR) is 69.8 cm³/mol. The number of alkyl halides is 6. The lowest BCUT2D eigenvalue weighted by atomic mass is 10.1. The van der Waals surface area contributed by atoms with Gasteiger partial charge in [-0.1, -0.05) is 0 Å². The summed E-state index contributed by atoms with van der Waals surface area (Å²) < 4.78 is 78.5. The predicted octanol–water partition coefficient (Wildman–Crippen LogP) is 2.08. The van der Waals surface area contributed by atoms with Gasteiger partial charge in [0.25, 0.3) is 0 Å². The van der Waals surface area contributed by atoms with E-state index in [-0.39, 0.29) is 5.56 Å². The zero-order chi connectivity index (χ0) is 19.5. The summed E-state index contributed by atoms with van der Waals surface area (Å²) in [5.74, 6) is -4.09. The first-order chi connectivity index (χ1) is 12.0. The fraction of sp³-hybridized carbons (Fsp3) is 0.214. The van der Waals surface area contributed by atoms with Crippen LogP contribution in [0.5, 0.6) is 0 Å². The van der Waals surface area contributed by atoms with Gasteiger partial charge in [0.2, 0.25) is 6.54 Å². The maximum atomic E-state index is 12.6. The molecule has 0 unspecified atom stereocenters. The first kappa shape index (κ1) is 19.3. The summed E-state index contributed by atoms with van der Waals surface area (Å²) in [7, 11) is 0. The molecule has 0 radical (unpaired) electrons. The van der Waals surface area contributed by atoms with Crippen molar-refractivity contribution in [2.75, 3.05) is 0 Å². The van der Waals surface area contributed by atoms with Gasteiger partial charge in [0, 0.05) is 17.7 Å². The van der Waals surface area contributed by atoms with Crippen LogP contribution in [0.3, 0.4) is 0 Å². The summed E-state index contributed by atoms with van der Waals surface area (Å²) in [6.45, 7) is -0.704. The highest BCUT2D eigenvalue weighted by Gasteiger charge is 2.42. The molecule has 2 heterocycles. The summed E-state index contributed by atoms with van der Waals surface area (Å²) in [5, 5.41) is 6.23. The van der Waals surface area contributed by atoms with E-state index in [4.69, 9.17) is 0 Å². The highest BCUT2D eigenvalue weighted by atomic mass is 19.4. The maximum Gasteiger partial charge on any atom is 0.491 e. The zero-order valence-corrected chi connectivity index (χ0v) is 12.5. The number of nitrogens with zero attached hydrogens (tertiary/aromatic N) is 3. The topological polar surface area (TPSA) is 73.0 Å². The second-order valence-corrected chi connectivity index (χ2v) is 4.85. The van der Waals surface area contributed by atoms with E-state index in [1.54, 1.807) is 0 Å². The Kier molecular flexibility index (Phi) is 5.23. The SMILES string of the molecule is O=C(C[n+]1ccc(-c2cnnc(C(F)(F)F)c2)cc1)OC(=O)C(F)(F)F. The fourth-order valence-electron chi connectivity index (χ4n) is 1.76. The molecule has 0 fully saturated rings. The van der Waals surface area contributed by atoms with E-state index in [1.807, 2.05) is 0 Å². The van der Waals surface area contributed by atoms with Crippen LogP contribution in [0.15, 0.2) is 36.8 Å². The van der Waals surface area contributed by atoms with E-state index in [1.165, 1.54) is 24.5 Å². The summed E-state index contributed by atoms with van der Waals surface area (Å²) >= 11 is 0. The van der Waals surface area contributed by atoms with Crippen LogP contribution in [0, 0.1) is 0 Å². The molecule has 0 N–H and O–H groups in total. The second-order valence-electron chi connectivity index (χ2n) is 4.85. The van der Waals surface area contributed by atoms with Crippen molar-refractivity contribution < 1.29 is 45.2 Å². The minimum Gasteiger partial charge on any atom is -0.382 e. The molecule has 12 heteroatoms. The molecular weight excluding hydrogens is 372 g/mol. The molecule has 0 amide bonds. The molecule has 26 heavy (non-hydrogen) atoms. The number of hydrogen-bond acceptors (Lipinski definition) is 5. The zero-order valence-electron chi connectivity index (χ0n) is 12.5. The third-order valence-corrected chi connectivity index (χ3v) is 2.92. The summed E-state index contributed by atoms with van der Waals surface area (Å²) in [5.41, 5.74) is -0.809. The number of esters is 2. The third-order valence-electron chi connectivity index (χ3n) is 2.92. The molecule has 0 aliphatic rings. The minimum absolute atomic E-state index is 0.0919. The largest absolute Gasteiger partial charge is 0.491 e. The fourth-order valence-corrected chi connectivity index (χ4v) is 1.76. The summed E-state index contributed by atoms with van der Waals surface area (Å²) in [6.07, 6.45) is -6.46. The van der Waals surface area contributed by atoms with E-state index in [0.29, 0.717) is 5.56 Å². The van der Waals surface area contributed by atoms with Crippen LogP contribution in [0.4, 0.5) is 26.3 Å². The van der Waals surface area contributed by atoms with E-state index in [2.05, 4.69) is 14.9 Å². The molecule has 6 nitrogen and oxygen atoms in total. The molecule has 138 valence electrons. The number of hydrogen-bond donors (Lipinski definition) is 0. The molecule has 0 atom stereocenters. The van der Waals surface area contributed by atoms with Crippen LogP contribution in [-0.2, 0) is 27.0 Å². The van der Waals surface area contributed by atoms with Crippen LogP contribution in [0.1, 0.15) is 5.69 Å². The highest BCUT2D eigenvalue weighted by molar-refractivity contribution is 5.87. The Morgan fingerprint density at radius 1 is 1.04 bits per heavy atom. The Morgan fingerprint density at radius 3 is 2.19 bits per heavy atom. The average Bonchev–Trinajstić information content (AvgIpc) is 2.54. The average molecular weight is 380 g/mol. The van der Waals surface area contributed by atoms with Crippen molar-refractivity contribution in [2.45, 2.75) is 18.9 Å². The van der Waals surface area contributed by atoms with Gasteiger partial charge in [-0.15, -0.1) is 5.10 Å². The molecule has 0 aromatic carbocycles. The van der Waals surface area contributed by atoms with Crippen molar-refractivity contribution in [3.8, 4) is 11.1 Å². The van der Waals surface area contributed by atoms with Gasteiger partial charge in [-0.05, 0) is 11.6 Å². The van der Waals surface area contributed by atoms with E-state index in [9.17, 15) is 35.9 Å². The highest BCUT2D eigenvalue weighted by Crippen LogP contribution is 2.29. The van der Waals surface area contributed by atoms with Crippen LogP contribution < -0.4 is 4.57 Å². The van der Waals surface area contributed by atoms with Gasteiger partial charge in [-0.3, -0.25) is 0 Å². The van der Waals surface area contributed by atoms with Crippen molar-refractivity contribution in [3.63, 3.8) is 0 Å². The number of pyridine rings is 1. The molecule has 0 bridgehead atoms. The maximum absolute atomic E-state index is 12.6. The molecule has 0 aliphatic carbocycles. The van der Waals surface area contributed by atoms with Gasteiger partial charge in [0.05, 0.1) is 6.20 Å². The number of carbonyl (C=O) groups is 2.